The van der Waals surface area contributed by atoms with E-state index in [1.54, 1.807) is 0 Å². The van der Waals surface area contributed by atoms with Crippen LogP contribution in [0.5, 0.6) is 0 Å². The van der Waals surface area contributed by atoms with Crippen LogP contribution in [-0.2, 0) is 6.42 Å². The van der Waals surface area contributed by atoms with Crippen LogP contribution in [-0.4, -0.2) is 6.54 Å². The van der Waals surface area contributed by atoms with E-state index in [1.165, 1.54) is 11.1 Å². The zero-order valence-corrected chi connectivity index (χ0v) is 9.51. The van der Waals surface area contributed by atoms with Gasteiger partial charge in [-0.25, -0.2) is 0 Å². The van der Waals surface area contributed by atoms with Crippen molar-refractivity contribution in [2.24, 2.45) is 5.73 Å². The molecule has 0 saturated carbocycles. The Balaban J connectivity index is 2.35. The van der Waals surface area contributed by atoms with E-state index in [2.05, 4.69) is 24.4 Å². The summed E-state index contributed by atoms with van der Waals surface area (Å²) in [4.78, 5) is 0. The minimum absolute atomic E-state index is 0.386. The molecule has 80 valence electrons. The van der Waals surface area contributed by atoms with Gasteiger partial charge in [0.1, 0.15) is 0 Å². The van der Waals surface area contributed by atoms with E-state index < -0.39 is 0 Å². The van der Waals surface area contributed by atoms with Crippen molar-refractivity contribution in [2.75, 3.05) is 6.54 Å². The highest BCUT2D eigenvalue weighted by Crippen LogP contribution is 2.27. The maximum Gasteiger partial charge on any atom is 0.0926 e. The molecule has 3 heteroatoms. The lowest BCUT2D eigenvalue weighted by molar-refractivity contribution is 0.783. The van der Waals surface area contributed by atoms with Crippen LogP contribution in [0.1, 0.15) is 24.0 Å². The van der Waals surface area contributed by atoms with Crippen LogP contribution in [0.2, 0.25) is 5.02 Å². The second-order valence-electron chi connectivity index (χ2n) is 3.81. The third kappa shape index (κ3) is 2.10. The Hall–Kier alpha value is -1.15. The zero-order chi connectivity index (χ0) is 10.8. The van der Waals surface area contributed by atoms with E-state index in [4.69, 9.17) is 17.3 Å². The monoisotopic (exact) mass is 222 g/mol. The van der Waals surface area contributed by atoms with Crippen molar-refractivity contribution in [1.29, 1.82) is 0 Å². The number of halogens is 1. The van der Waals surface area contributed by atoms with Crippen LogP contribution >= 0.6 is 11.6 Å². The van der Waals surface area contributed by atoms with Gasteiger partial charge in [0, 0.05) is 17.5 Å². The average Bonchev–Trinajstić information content (AvgIpc) is 2.64. The lowest BCUT2D eigenvalue weighted by Gasteiger charge is -2.12. The standard InChI is InChI=1S/C12H15ClN2/c1-2-8-5-10(13)3-4-11(8)9-6-12(14)15-7-9/h3-6,9,15H,2,7,14H2,1H3/t9-/m1/s1. The highest BCUT2D eigenvalue weighted by atomic mass is 35.5. The SMILES string of the molecule is CCc1cc(Cl)ccc1[C@@H]1C=C(N)NC1. The summed E-state index contributed by atoms with van der Waals surface area (Å²) in [6.07, 6.45) is 3.07. The van der Waals surface area contributed by atoms with Crippen LogP contribution < -0.4 is 11.1 Å². The molecule has 0 aromatic heterocycles. The highest BCUT2D eigenvalue weighted by molar-refractivity contribution is 6.30. The van der Waals surface area contributed by atoms with Crippen molar-refractivity contribution in [3.8, 4) is 0 Å². The third-order valence-electron chi connectivity index (χ3n) is 2.79. The molecule has 0 radical (unpaired) electrons. The molecular weight excluding hydrogens is 208 g/mol. The fourth-order valence-corrected chi connectivity index (χ4v) is 2.20. The topological polar surface area (TPSA) is 38.0 Å². The molecule has 1 aromatic rings. The van der Waals surface area contributed by atoms with Gasteiger partial charge in [0.2, 0.25) is 0 Å². The van der Waals surface area contributed by atoms with Gasteiger partial charge in [-0.1, -0.05) is 24.6 Å². The average molecular weight is 223 g/mol. The molecule has 0 fully saturated rings. The molecule has 2 rings (SSSR count). The Labute approximate surface area is 95.1 Å². The van der Waals surface area contributed by atoms with E-state index in [9.17, 15) is 0 Å². The lowest BCUT2D eigenvalue weighted by Crippen LogP contribution is -2.16. The molecule has 1 aliphatic heterocycles. The van der Waals surface area contributed by atoms with Crippen molar-refractivity contribution in [3.63, 3.8) is 0 Å². The Morgan fingerprint density at radius 1 is 1.53 bits per heavy atom. The summed E-state index contributed by atoms with van der Waals surface area (Å²) in [5, 5.41) is 3.94. The van der Waals surface area contributed by atoms with Gasteiger partial charge in [-0.2, -0.15) is 0 Å². The van der Waals surface area contributed by atoms with E-state index in [0.717, 1.165) is 23.8 Å². The van der Waals surface area contributed by atoms with E-state index >= 15 is 0 Å². The molecule has 0 bridgehead atoms. The normalized spacial score (nSPS) is 19.9. The maximum absolute atomic E-state index is 5.98. The first kappa shape index (κ1) is 10.4. The Kier molecular flexibility index (Phi) is 2.87. The molecule has 0 saturated heterocycles. The van der Waals surface area contributed by atoms with Crippen LogP contribution in [0.4, 0.5) is 0 Å². The minimum Gasteiger partial charge on any atom is -0.386 e. The Bertz CT molecular complexity index is 399. The zero-order valence-electron chi connectivity index (χ0n) is 8.76. The summed E-state index contributed by atoms with van der Waals surface area (Å²) in [7, 11) is 0. The fraction of sp³-hybridized carbons (Fsp3) is 0.333. The molecule has 3 N–H and O–H groups in total. The summed E-state index contributed by atoms with van der Waals surface area (Å²) < 4.78 is 0. The molecule has 2 nitrogen and oxygen atoms in total. The summed E-state index contributed by atoms with van der Waals surface area (Å²) in [5.74, 6) is 1.16. The van der Waals surface area contributed by atoms with Crippen molar-refractivity contribution >= 4 is 11.6 Å². The summed E-state index contributed by atoms with van der Waals surface area (Å²) >= 11 is 5.98. The van der Waals surface area contributed by atoms with Crippen LogP contribution in [0.3, 0.4) is 0 Å². The predicted octanol–water partition coefficient (Wildman–Crippen LogP) is 2.39. The molecule has 1 atom stereocenters. The quantitative estimate of drug-likeness (QED) is 0.807. The van der Waals surface area contributed by atoms with Gasteiger partial charge in [0.25, 0.3) is 0 Å². The number of hydrogen-bond acceptors (Lipinski definition) is 2. The molecule has 0 aliphatic carbocycles. The predicted molar refractivity (Wildman–Crippen MR) is 63.8 cm³/mol. The number of nitrogens with one attached hydrogen (secondary N) is 1. The molecule has 1 aliphatic rings. The number of nitrogens with two attached hydrogens (primary N) is 1. The number of benzene rings is 1. The molecular formula is C12H15ClN2. The summed E-state index contributed by atoms with van der Waals surface area (Å²) in [6.45, 7) is 3.03. The summed E-state index contributed by atoms with van der Waals surface area (Å²) in [6, 6.07) is 6.08. The van der Waals surface area contributed by atoms with Gasteiger partial charge in [-0.15, -0.1) is 0 Å². The van der Waals surface area contributed by atoms with Crippen LogP contribution in [0.15, 0.2) is 30.1 Å². The van der Waals surface area contributed by atoms with Crippen molar-refractivity contribution in [2.45, 2.75) is 19.3 Å². The highest BCUT2D eigenvalue weighted by Gasteiger charge is 2.17. The number of rotatable bonds is 2. The van der Waals surface area contributed by atoms with Gasteiger partial charge in [-0.3, -0.25) is 0 Å². The number of hydrogen-bond donors (Lipinski definition) is 2. The van der Waals surface area contributed by atoms with Crippen LogP contribution in [0.25, 0.3) is 0 Å². The molecule has 15 heavy (non-hydrogen) atoms. The fourth-order valence-electron chi connectivity index (χ4n) is 2.00. The van der Waals surface area contributed by atoms with E-state index in [1.807, 2.05) is 12.1 Å². The lowest BCUT2D eigenvalue weighted by atomic mass is 9.94. The number of aryl methyl sites for hydroxylation is 1. The first-order valence-corrected chi connectivity index (χ1v) is 5.58. The van der Waals surface area contributed by atoms with Gasteiger partial charge >= 0.3 is 0 Å². The minimum atomic E-state index is 0.386. The van der Waals surface area contributed by atoms with Gasteiger partial charge in [0.05, 0.1) is 5.82 Å². The van der Waals surface area contributed by atoms with Crippen LogP contribution in [0, 0.1) is 0 Å². The Morgan fingerprint density at radius 3 is 2.93 bits per heavy atom. The smallest absolute Gasteiger partial charge is 0.0926 e. The Morgan fingerprint density at radius 2 is 2.33 bits per heavy atom. The van der Waals surface area contributed by atoms with Gasteiger partial charge in [-0.05, 0) is 35.8 Å². The maximum atomic E-state index is 5.98. The molecule has 1 aromatic carbocycles. The molecule has 1 heterocycles. The van der Waals surface area contributed by atoms with Gasteiger partial charge in [0.15, 0.2) is 0 Å². The summed E-state index contributed by atoms with van der Waals surface area (Å²) in [5.41, 5.74) is 8.34. The largest absolute Gasteiger partial charge is 0.386 e. The first-order chi connectivity index (χ1) is 7.20. The van der Waals surface area contributed by atoms with Gasteiger partial charge < -0.3 is 11.1 Å². The third-order valence-corrected chi connectivity index (χ3v) is 3.03. The molecule has 0 amide bonds. The van der Waals surface area contributed by atoms with Crippen molar-refractivity contribution < 1.29 is 0 Å². The van der Waals surface area contributed by atoms with E-state index in [-0.39, 0.29) is 0 Å². The van der Waals surface area contributed by atoms with E-state index in [0.29, 0.717) is 5.92 Å². The second-order valence-corrected chi connectivity index (χ2v) is 4.24. The van der Waals surface area contributed by atoms with Crippen molar-refractivity contribution in [3.05, 3.63) is 46.2 Å². The molecule has 0 spiro atoms. The first-order valence-electron chi connectivity index (χ1n) is 5.20. The molecule has 0 unspecified atom stereocenters. The second kappa shape index (κ2) is 4.15. The van der Waals surface area contributed by atoms with Crippen molar-refractivity contribution in [1.82, 2.24) is 5.32 Å².